The van der Waals surface area contributed by atoms with Crippen LogP contribution in [0.1, 0.15) is 24.0 Å². The van der Waals surface area contributed by atoms with Crippen LogP contribution in [0.4, 0.5) is 10.2 Å². The smallest absolute Gasteiger partial charge is 0.170 e. The van der Waals surface area contributed by atoms with Crippen LogP contribution in [0.3, 0.4) is 0 Å². The second-order valence-electron chi connectivity index (χ2n) is 5.93. The molecule has 4 rings (SSSR count). The highest BCUT2D eigenvalue weighted by Crippen LogP contribution is 2.32. The number of aryl methyl sites for hydroxylation is 1. The van der Waals surface area contributed by atoms with Gasteiger partial charge in [0.15, 0.2) is 5.76 Å². The molecule has 0 fully saturated rings. The Kier molecular flexibility index (Phi) is 4.13. The summed E-state index contributed by atoms with van der Waals surface area (Å²) in [6.07, 6.45) is 1.50. The van der Waals surface area contributed by atoms with Crippen LogP contribution in [0.5, 0.6) is 0 Å². The monoisotopic (exact) mass is 358 g/mol. The van der Waals surface area contributed by atoms with Crippen LogP contribution in [0, 0.1) is 5.82 Å². The lowest BCUT2D eigenvalue weighted by Gasteiger charge is -2.27. The lowest BCUT2D eigenvalue weighted by molar-refractivity contribution is 0.423. The van der Waals surface area contributed by atoms with Crippen molar-refractivity contribution in [3.05, 3.63) is 58.4 Å². The summed E-state index contributed by atoms with van der Waals surface area (Å²) in [6, 6.07) is 8.04. The highest BCUT2D eigenvalue weighted by molar-refractivity contribution is 6.29. The first-order chi connectivity index (χ1) is 12.1. The van der Waals surface area contributed by atoms with Gasteiger partial charge in [-0.1, -0.05) is 23.7 Å². The van der Waals surface area contributed by atoms with Crippen LogP contribution in [0.2, 0.25) is 5.15 Å². The van der Waals surface area contributed by atoms with Crippen LogP contribution in [0.25, 0.3) is 11.3 Å². The van der Waals surface area contributed by atoms with Gasteiger partial charge in [-0.15, -0.1) is 0 Å². The molecule has 1 aliphatic heterocycles. The zero-order valence-corrected chi connectivity index (χ0v) is 14.4. The Labute approximate surface area is 149 Å². The van der Waals surface area contributed by atoms with Crippen LogP contribution >= 0.6 is 11.6 Å². The van der Waals surface area contributed by atoms with Gasteiger partial charge < -0.3 is 9.42 Å². The molecule has 1 aromatic carbocycles. The highest BCUT2D eigenvalue weighted by atomic mass is 35.5. The van der Waals surface area contributed by atoms with Crippen molar-refractivity contribution in [1.29, 1.82) is 0 Å². The Bertz CT molecular complexity index is 910. The molecule has 0 N–H and O–H groups in total. The lowest BCUT2D eigenvalue weighted by Crippen LogP contribution is -2.31. The predicted molar refractivity (Wildman–Crippen MR) is 93.1 cm³/mol. The molecule has 128 valence electrons. The zero-order valence-electron chi connectivity index (χ0n) is 13.7. The van der Waals surface area contributed by atoms with Crippen molar-refractivity contribution in [2.75, 3.05) is 11.4 Å². The van der Waals surface area contributed by atoms with E-state index in [2.05, 4.69) is 20.0 Å². The van der Waals surface area contributed by atoms with E-state index in [4.69, 9.17) is 16.1 Å². The Hall–Kier alpha value is -2.47. The SMILES string of the molecule is CCc1nc(Cl)cc(N2CCc3c(noc3-c3ccc(F)cc3)C2)n1. The standard InChI is InChI=1S/C18H16ClFN4O/c1-2-16-21-15(19)9-17(22-16)24-8-7-13-14(10-24)23-25-18(13)11-3-5-12(20)6-4-11/h3-6,9H,2,7-8,10H2,1H3. The number of hydrogen-bond donors (Lipinski definition) is 0. The number of fused-ring (bicyclic) bond motifs is 1. The van der Waals surface area contributed by atoms with Gasteiger partial charge in [-0.25, -0.2) is 14.4 Å². The van der Waals surface area contributed by atoms with E-state index >= 15 is 0 Å². The second-order valence-corrected chi connectivity index (χ2v) is 6.32. The maximum atomic E-state index is 13.1. The molecule has 25 heavy (non-hydrogen) atoms. The summed E-state index contributed by atoms with van der Waals surface area (Å²) in [5.41, 5.74) is 2.78. The van der Waals surface area contributed by atoms with Crippen molar-refractivity contribution in [2.45, 2.75) is 26.3 Å². The first-order valence-electron chi connectivity index (χ1n) is 8.16. The van der Waals surface area contributed by atoms with Crippen LogP contribution < -0.4 is 4.90 Å². The fraction of sp³-hybridized carbons (Fsp3) is 0.278. The molecule has 5 nitrogen and oxygen atoms in total. The van der Waals surface area contributed by atoms with Gasteiger partial charge in [0, 0.05) is 30.2 Å². The van der Waals surface area contributed by atoms with Gasteiger partial charge in [0.25, 0.3) is 0 Å². The number of halogens is 2. The van der Waals surface area contributed by atoms with Crippen molar-refractivity contribution >= 4 is 17.4 Å². The van der Waals surface area contributed by atoms with E-state index in [-0.39, 0.29) is 5.82 Å². The van der Waals surface area contributed by atoms with Crippen molar-refractivity contribution in [1.82, 2.24) is 15.1 Å². The lowest BCUT2D eigenvalue weighted by atomic mass is 10.0. The molecule has 0 amide bonds. The van der Waals surface area contributed by atoms with Crippen LogP contribution in [-0.4, -0.2) is 21.7 Å². The minimum absolute atomic E-state index is 0.268. The van der Waals surface area contributed by atoms with Gasteiger partial charge in [-0.2, -0.15) is 0 Å². The van der Waals surface area contributed by atoms with Gasteiger partial charge in [0.05, 0.1) is 6.54 Å². The topological polar surface area (TPSA) is 55.1 Å². The molecule has 0 saturated carbocycles. The van der Waals surface area contributed by atoms with Gasteiger partial charge in [-0.05, 0) is 30.7 Å². The maximum Gasteiger partial charge on any atom is 0.170 e. The van der Waals surface area contributed by atoms with Gasteiger partial charge in [0.1, 0.15) is 28.3 Å². The molecule has 0 bridgehead atoms. The highest BCUT2D eigenvalue weighted by Gasteiger charge is 2.25. The summed E-state index contributed by atoms with van der Waals surface area (Å²) in [4.78, 5) is 10.9. The summed E-state index contributed by atoms with van der Waals surface area (Å²) in [5.74, 6) is 1.97. The Balaban J connectivity index is 1.63. The third-order valence-corrected chi connectivity index (χ3v) is 4.51. The second kappa shape index (κ2) is 6.44. The summed E-state index contributed by atoms with van der Waals surface area (Å²) < 4.78 is 18.7. The summed E-state index contributed by atoms with van der Waals surface area (Å²) in [5, 5.41) is 4.65. The van der Waals surface area contributed by atoms with Crippen molar-refractivity contribution in [3.63, 3.8) is 0 Å². The van der Waals surface area contributed by atoms with E-state index in [1.165, 1.54) is 12.1 Å². The van der Waals surface area contributed by atoms with E-state index in [0.717, 1.165) is 47.8 Å². The fourth-order valence-corrected chi connectivity index (χ4v) is 3.22. The third-order valence-electron chi connectivity index (χ3n) is 4.32. The minimum atomic E-state index is -0.268. The number of hydrogen-bond acceptors (Lipinski definition) is 5. The van der Waals surface area contributed by atoms with Crippen molar-refractivity contribution in [2.24, 2.45) is 0 Å². The molecule has 0 saturated heterocycles. The molecule has 3 heterocycles. The van der Waals surface area contributed by atoms with Gasteiger partial charge >= 0.3 is 0 Å². The first kappa shape index (κ1) is 16.0. The Morgan fingerprint density at radius 1 is 1.24 bits per heavy atom. The number of rotatable bonds is 3. The first-order valence-corrected chi connectivity index (χ1v) is 8.53. The van der Waals surface area contributed by atoms with E-state index in [1.807, 2.05) is 6.92 Å². The third kappa shape index (κ3) is 3.09. The molecule has 3 aromatic rings. The molecule has 2 aromatic heterocycles. The summed E-state index contributed by atoms with van der Waals surface area (Å²) >= 11 is 6.10. The average Bonchev–Trinajstić information content (AvgIpc) is 3.05. The maximum absolute atomic E-state index is 13.1. The zero-order chi connectivity index (χ0) is 17.4. The molecular formula is C18H16ClFN4O. The Morgan fingerprint density at radius 3 is 2.80 bits per heavy atom. The largest absolute Gasteiger partial charge is 0.356 e. The molecule has 0 radical (unpaired) electrons. The fourth-order valence-electron chi connectivity index (χ4n) is 3.03. The van der Waals surface area contributed by atoms with Crippen molar-refractivity contribution < 1.29 is 8.91 Å². The molecule has 0 unspecified atom stereocenters. The van der Waals surface area contributed by atoms with Crippen LogP contribution in [0.15, 0.2) is 34.9 Å². The van der Waals surface area contributed by atoms with E-state index in [0.29, 0.717) is 17.5 Å². The molecule has 0 spiro atoms. The molecule has 0 aliphatic carbocycles. The summed E-state index contributed by atoms with van der Waals surface area (Å²) in [6.45, 7) is 3.37. The van der Waals surface area contributed by atoms with Crippen molar-refractivity contribution in [3.8, 4) is 11.3 Å². The minimum Gasteiger partial charge on any atom is -0.356 e. The number of nitrogens with zero attached hydrogens (tertiary/aromatic N) is 4. The van der Waals surface area contributed by atoms with E-state index < -0.39 is 0 Å². The Morgan fingerprint density at radius 2 is 2.04 bits per heavy atom. The number of aromatic nitrogens is 3. The molecular weight excluding hydrogens is 343 g/mol. The normalized spacial score (nSPS) is 13.8. The molecule has 1 aliphatic rings. The summed E-state index contributed by atoms with van der Waals surface area (Å²) in [7, 11) is 0. The predicted octanol–water partition coefficient (Wildman–Crippen LogP) is 4.05. The molecule has 0 atom stereocenters. The number of anilines is 1. The van der Waals surface area contributed by atoms with E-state index in [1.54, 1.807) is 18.2 Å². The van der Waals surface area contributed by atoms with Crippen LogP contribution in [-0.2, 0) is 19.4 Å². The average molecular weight is 359 g/mol. The van der Waals surface area contributed by atoms with Gasteiger partial charge in [-0.3, -0.25) is 0 Å². The number of benzene rings is 1. The molecule has 7 heteroatoms. The van der Waals surface area contributed by atoms with E-state index in [9.17, 15) is 4.39 Å². The van der Waals surface area contributed by atoms with Gasteiger partial charge in [0.2, 0.25) is 0 Å². The quantitative estimate of drug-likeness (QED) is 0.661.